The van der Waals surface area contributed by atoms with Crippen molar-refractivity contribution in [3.8, 4) is 5.75 Å². The quantitative estimate of drug-likeness (QED) is 0.324. The van der Waals surface area contributed by atoms with Crippen LogP contribution in [-0.2, 0) is 11.2 Å². The Hall–Kier alpha value is -2.16. The molecule has 0 amide bonds. The molecular formula is C22H27NO6. The number of benzene rings is 2. The number of nitrogens with two attached hydrogens (primary N) is 1. The van der Waals surface area contributed by atoms with Gasteiger partial charge in [-0.15, -0.1) is 0 Å². The van der Waals surface area contributed by atoms with E-state index in [1.807, 2.05) is 12.1 Å². The molecule has 2 aromatic carbocycles. The number of phenols is 1. The van der Waals surface area contributed by atoms with Crippen molar-refractivity contribution in [1.29, 1.82) is 0 Å². The number of phenolic OH excluding ortho intramolecular Hbond substituents is 1. The van der Waals surface area contributed by atoms with E-state index < -0.39 is 37.1 Å². The maximum atomic E-state index is 10.4. The van der Waals surface area contributed by atoms with Gasteiger partial charge in [0.2, 0.25) is 0 Å². The first-order valence-corrected chi connectivity index (χ1v) is 9.89. The molecule has 1 saturated carbocycles. The van der Waals surface area contributed by atoms with Crippen LogP contribution in [0.15, 0.2) is 36.4 Å². The maximum absolute atomic E-state index is 10.4. The van der Waals surface area contributed by atoms with Crippen molar-refractivity contribution >= 4 is 5.69 Å². The minimum atomic E-state index is -1.48. The minimum Gasteiger partial charge on any atom is -0.506 e. The van der Waals surface area contributed by atoms with E-state index >= 15 is 0 Å². The third-order valence-electron chi connectivity index (χ3n) is 5.91. The van der Waals surface area contributed by atoms with Crippen LogP contribution in [0.4, 0.5) is 5.69 Å². The number of ether oxygens (including phenoxy) is 1. The van der Waals surface area contributed by atoms with Gasteiger partial charge in [-0.2, -0.15) is 0 Å². The molecule has 1 aliphatic carbocycles. The van der Waals surface area contributed by atoms with Crippen LogP contribution in [-0.4, -0.2) is 56.6 Å². The first-order valence-electron chi connectivity index (χ1n) is 9.89. The van der Waals surface area contributed by atoms with Crippen molar-refractivity contribution in [2.24, 2.45) is 0 Å². The molecule has 0 spiro atoms. The number of nitrogen functional groups attached to an aromatic ring is 1. The Morgan fingerprint density at radius 3 is 2.24 bits per heavy atom. The van der Waals surface area contributed by atoms with Gasteiger partial charge in [0.1, 0.15) is 36.3 Å². The maximum Gasteiger partial charge on any atom is 0.139 e. The first-order chi connectivity index (χ1) is 13.9. The summed E-state index contributed by atoms with van der Waals surface area (Å²) in [6.45, 7) is -0.511. The highest BCUT2D eigenvalue weighted by atomic mass is 16.5. The van der Waals surface area contributed by atoms with E-state index in [1.54, 1.807) is 6.07 Å². The number of aliphatic hydroxyl groups is 4. The summed E-state index contributed by atoms with van der Waals surface area (Å²) in [7, 11) is 0. The van der Waals surface area contributed by atoms with Crippen molar-refractivity contribution in [2.75, 3.05) is 12.3 Å². The fourth-order valence-electron chi connectivity index (χ4n) is 3.95. The summed E-state index contributed by atoms with van der Waals surface area (Å²) in [4.78, 5) is 0. The lowest BCUT2D eigenvalue weighted by molar-refractivity contribution is -0.231. The second kappa shape index (κ2) is 7.93. The number of rotatable bonds is 5. The molecule has 4 rings (SSSR count). The third kappa shape index (κ3) is 3.97. The molecule has 2 aromatic rings. The van der Waals surface area contributed by atoms with Gasteiger partial charge in [-0.3, -0.25) is 0 Å². The molecule has 0 unspecified atom stereocenters. The highest BCUT2D eigenvalue weighted by Gasteiger charge is 2.44. The topological polar surface area (TPSA) is 136 Å². The molecule has 2 fully saturated rings. The fraction of sp³-hybridized carbons (Fsp3) is 0.455. The fourth-order valence-corrected chi connectivity index (χ4v) is 3.95. The molecule has 0 radical (unpaired) electrons. The lowest BCUT2D eigenvalue weighted by Gasteiger charge is -2.40. The first kappa shape index (κ1) is 20.1. The van der Waals surface area contributed by atoms with Gasteiger partial charge < -0.3 is 36.0 Å². The number of hydrogen-bond acceptors (Lipinski definition) is 7. The van der Waals surface area contributed by atoms with Crippen LogP contribution in [0.25, 0.3) is 0 Å². The Balaban J connectivity index is 1.61. The standard InChI is InChI=1S/C22H27NO6/c23-18-14(7-11-1-3-12(4-2-11)13-5-6-13)8-15(9-16(18)25)22-21(28)20(27)19(26)17(10-24)29-22/h1-4,8-9,13,17,19-22,24-28H,5-7,10,23H2/t17-,19-,20+,21-,22+/m1/s1. The largest absolute Gasteiger partial charge is 0.506 e. The van der Waals surface area contributed by atoms with Crippen LogP contribution >= 0.6 is 0 Å². The van der Waals surface area contributed by atoms with Crippen molar-refractivity contribution in [3.63, 3.8) is 0 Å². The predicted molar refractivity (Wildman–Crippen MR) is 106 cm³/mol. The second-order valence-electron chi connectivity index (χ2n) is 8.05. The normalized spacial score (nSPS) is 29.7. The molecule has 1 heterocycles. The molecule has 156 valence electrons. The third-order valence-corrected chi connectivity index (χ3v) is 5.91. The van der Waals surface area contributed by atoms with E-state index in [0.717, 1.165) is 5.56 Å². The Kier molecular flexibility index (Phi) is 5.50. The molecule has 0 aromatic heterocycles. The van der Waals surface area contributed by atoms with Gasteiger partial charge in [0.15, 0.2) is 0 Å². The van der Waals surface area contributed by atoms with Crippen molar-refractivity contribution in [1.82, 2.24) is 0 Å². The molecule has 7 N–H and O–H groups in total. The van der Waals surface area contributed by atoms with Gasteiger partial charge in [0.05, 0.1) is 12.3 Å². The second-order valence-corrected chi connectivity index (χ2v) is 8.05. The summed E-state index contributed by atoms with van der Waals surface area (Å²) in [5.41, 5.74) is 9.76. The summed E-state index contributed by atoms with van der Waals surface area (Å²) in [6, 6.07) is 11.4. The minimum absolute atomic E-state index is 0.149. The van der Waals surface area contributed by atoms with Crippen molar-refractivity contribution in [3.05, 3.63) is 58.7 Å². The van der Waals surface area contributed by atoms with Crippen LogP contribution < -0.4 is 5.73 Å². The lowest BCUT2D eigenvalue weighted by atomic mass is 9.89. The average Bonchev–Trinajstić information content (AvgIpc) is 3.56. The number of hydrogen-bond donors (Lipinski definition) is 6. The SMILES string of the molecule is Nc1c(O)cc([C@@H]2O[C@H](CO)[C@@H](O)[C@H](O)[C@H]2O)cc1Cc1ccc(C2CC2)cc1. The molecule has 7 nitrogen and oxygen atoms in total. The summed E-state index contributed by atoms with van der Waals surface area (Å²) in [5.74, 6) is 0.525. The summed E-state index contributed by atoms with van der Waals surface area (Å²) >= 11 is 0. The molecule has 7 heteroatoms. The zero-order chi connectivity index (χ0) is 20.7. The van der Waals surface area contributed by atoms with E-state index in [1.165, 1.54) is 24.5 Å². The lowest BCUT2D eigenvalue weighted by Crippen LogP contribution is -2.55. The molecule has 0 bridgehead atoms. The molecule has 29 heavy (non-hydrogen) atoms. The van der Waals surface area contributed by atoms with E-state index in [9.17, 15) is 25.5 Å². The Morgan fingerprint density at radius 1 is 0.931 bits per heavy atom. The van der Waals surface area contributed by atoms with Gasteiger partial charge in [0, 0.05) is 0 Å². The van der Waals surface area contributed by atoms with E-state index in [4.69, 9.17) is 10.5 Å². The number of aliphatic hydroxyl groups excluding tert-OH is 4. The molecule has 2 aliphatic rings. The molecule has 1 aliphatic heterocycles. The summed E-state index contributed by atoms with van der Waals surface area (Å²) in [5, 5.41) is 50.1. The highest BCUT2D eigenvalue weighted by Crippen LogP contribution is 2.40. The molecule has 1 saturated heterocycles. The molecular weight excluding hydrogens is 374 g/mol. The van der Waals surface area contributed by atoms with Crippen LogP contribution in [0.3, 0.4) is 0 Å². The van der Waals surface area contributed by atoms with Gasteiger partial charge in [0.25, 0.3) is 0 Å². The Labute approximate surface area is 169 Å². The van der Waals surface area contributed by atoms with Crippen LogP contribution in [0.2, 0.25) is 0 Å². The summed E-state index contributed by atoms with van der Waals surface area (Å²) < 4.78 is 5.60. The monoisotopic (exact) mass is 401 g/mol. The van der Waals surface area contributed by atoms with Crippen LogP contribution in [0.5, 0.6) is 5.75 Å². The zero-order valence-electron chi connectivity index (χ0n) is 16.0. The van der Waals surface area contributed by atoms with Gasteiger partial charge >= 0.3 is 0 Å². The smallest absolute Gasteiger partial charge is 0.139 e. The van der Waals surface area contributed by atoms with E-state index in [2.05, 4.69) is 12.1 Å². The van der Waals surface area contributed by atoms with E-state index in [-0.39, 0.29) is 11.4 Å². The van der Waals surface area contributed by atoms with Crippen molar-refractivity contribution < 1.29 is 30.3 Å². The van der Waals surface area contributed by atoms with E-state index in [0.29, 0.717) is 23.5 Å². The van der Waals surface area contributed by atoms with Gasteiger partial charge in [-0.1, -0.05) is 30.3 Å². The van der Waals surface area contributed by atoms with Crippen molar-refractivity contribution in [2.45, 2.75) is 55.7 Å². The summed E-state index contributed by atoms with van der Waals surface area (Å²) in [6.07, 6.45) is -3.41. The number of aromatic hydroxyl groups is 1. The average molecular weight is 401 g/mol. The van der Waals surface area contributed by atoms with Crippen LogP contribution in [0, 0.1) is 0 Å². The Bertz CT molecular complexity index is 864. The van der Waals surface area contributed by atoms with Gasteiger partial charge in [-0.25, -0.2) is 0 Å². The Morgan fingerprint density at radius 2 is 1.62 bits per heavy atom. The van der Waals surface area contributed by atoms with Gasteiger partial charge in [-0.05, 0) is 53.5 Å². The van der Waals surface area contributed by atoms with Crippen LogP contribution in [0.1, 0.15) is 47.1 Å². The zero-order valence-corrected chi connectivity index (χ0v) is 16.0. The molecule has 5 atom stereocenters. The highest BCUT2D eigenvalue weighted by molar-refractivity contribution is 5.61. The predicted octanol–water partition coefficient (Wildman–Crippen LogP) is 0.957. The number of anilines is 1.